The fraction of sp³-hybridized carbons (Fsp3) is 0.0556. The van der Waals surface area contributed by atoms with E-state index >= 15 is 0 Å². The summed E-state index contributed by atoms with van der Waals surface area (Å²) in [6.45, 7) is 1.92. The lowest BCUT2D eigenvalue weighted by Crippen LogP contribution is -2.09. The topological polar surface area (TPSA) is 68.0 Å². The smallest absolute Gasteiger partial charge is 0.248 e. The number of carbonyl (C=O) groups excluding carboxylic acids is 1. The molecule has 0 radical (unpaired) electrons. The van der Waals surface area contributed by atoms with Crippen molar-refractivity contribution in [3.05, 3.63) is 70.5 Å². The van der Waals surface area contributed by atoms with Gasteiger partial charge in [0.2, 0.25) is 18.2 Å². The number of anilines is 1. The van der Waals surface area contributed by atoms with Crippen molar-refractivity contribution >= 4 is 33.6 Å². The maximum Gasteiger partial charge on any atom is 0.248 e. The molecule has 24 heavy (non-hydrogen) atoms. The zero-order valence-electron chi connectivity index (χ0n) is 12.9. The van der Waals surface area contributed by atoms with E-state index in [4.69, 9.17) is 4.42 Å². The van der Waals surface area contributed by atoms with E-state index in [1.807, 2.05) is 49.4 Å². The van der Waals surface area contributed by atoms with Gasteiger partial charge in [-0.25, -0.2) is 0 Å². The van der Waals surface area contributed by atoms with Crippen LogP contribution < -0.4 is 5.32 Å². The molecule has 6 heteroatoms. The van der Waals surface area contributed by atoms with E-state index in [0.717, 1.165) is 21.2 Å². The van der Waals surface area contributed by atoms with E-state index < -0.39 is 0 Å². The molecule has 0 fully saturated rings. The molecule has 3 rings (SSSR count). The summed E-state index contributed by atoms with van der Waals surface area (Å²) in [5.74, 6) is 0.200. The summed E-state index contributed by atoms with van der Waals surface area (Å²) in [6.07, 6.45) is 4.53. The number of benzene rings is 2. The first-order valence-electron chi connectivity index (χ1n) is 7.24. The Balaban J connectivity index is 1.77. The van der Waals surface area contributed by atoms with Crippen molar-refractivity contribution in [2.24, 2.45) is 0 Å². The molecule has 3 aromatic rings. The lowest BCUT2D eigenvalue weighted by Gasteiger charge is -2.07. The number of carbonyl (C=O) groups is 1. The summed E-state index contributed by atoms with van der Waals surface area (Å²) in [5, 5.41) is 10.4. The summed E-state index contributed by atoms with van der Waals surface area (Å²) in [6, 6.07) is 13.3. The van der Waals surface area contributed by atoms with Crippen LogP contribution in [0.25, 0.3) is 17.5 Å². The second kappa shape index (κ2) is 7.23. The summed E-state index contributed by atoms with van der Waals surface area (Å²) < 4.78 is 6.12. The van der Waals surface area contributed by atoms with Gasteiger partial charge in [-0.2, -0.15) is 0 Å². The number of amides is 1. The van der Waals surface area contributed by atoms with Gasteiger partial charge in [0.05, 0.1) is 0 Å². The Bertz CT molecular complexity index is 889. The summed E-state index contributed by atoms with van der Waals surface area (Å²) in [7, 11) is 0. The Morgan fingerprint density at radius 1 is 1.25 bits per heavy atom. The van der Waals surface area contributed by atoms with Crippen LogP contribution in [0.3, 0.4) is 0 Å². The van der Waals surface area contributed by atoms with Gasteiger partial charge in [-0.15, -0.1) is 10.2 Å². The average molecular weight is 384 g/mol. The van der Waals surface area contributed by atoms with Crippen LogP contribution in [0.15, 0.2) is 63.8 Å². The van der Waals surface area contributed by atoms with Crippen LogP contribution >= 0.6 is 15.9 Å². The second-order valence-corrected chi connectivity index (χ2v) is 5.97. The Labute approximate surface area is 147 Å². The van der Waals surface area contributed by atoms with Crippen LogP contribution in [0.1, 0.15) is 11.1 Å². The highest BCUT2D eigenvalue weighted by Gasteiger charge is 2.08. The van der Waals surface area contributed by atoms with Crippen molar-refractivity contribution < 1.29 is 9.21 Å². The summed E-state index contributed by atoms with van der Waals surface area (Å²) in [5.41, 5.74) is 3.33. The minimum absolute atomic E-state index is 0.212. The van der Waals surface area contributed by atoms with Crippen LogP contribution in [0.2, 0.25) is 0 Å². The number of halogens is 1. The fourth-order valence-electron chi connectivity index (χ4n) is 2.14. The first-order chi connectivity index (χ1) is 11.6. The first-order valence-corrected chi connectivity index (χ1v) is 8.03. The van der Waals surface area contributed by atoms with Gasteiger partial charge < -0.3 is 9.73 Å². The Hall–Kier alpha value is -2.73. The number of nitrogens with one attached hydrogen (secondary N) is 1. The number of rotatable bonds is 4. The Morgan fingerprint density at radius 3 is 2.83 bits per heavy atom. The molecular weight excluding hydrogens is 370 g/mol. The van der Waals surface area contributed by atoms with E-state index in [1.165, 1.54) is 12.5 Å². The maximum atomic E-state index is 12.2. The van der Waals surface area contributed by atoms with Gasteiger partial charge in [0.25, 0.3) is 0 Å². The van der Waals surface area contributed by atoms with Gasteiger partial charge in [-0.3, -0.25) is 4.79 Å². The molecular formula is C18H14BrN3O2. The highest BCUT2D eigenvalue weighted by molar-refractivity contribution is 9.10. The molecule has 0 unspecified atom stereocenters. The molecule has 0 aliphatic rings. The maximum absolute atomic E-state index is 12.2. The largest absolute Gasteiger partial charge is 0.423 e. The molecule has 0 bridgehead atoms. The molecule has 120 valence electrons. The van der Waals surface area contributed by atoms with Crippen molar-refractivity contribution in [1.82, 2.24) is 10.2 Å². The molecule has 1 amide bonds. The number of nitrogens with zero attached hydrogens (tertiary/aromatic N) is 2. The van der Waals surface area contributed by atoms with Crippen LogP contribution in [-0.4, -0.2) is 16.1 Å². The van der Waals surface area contributed by atoms with Gasteiger partial charge in [-0.1, -0.05) is 40.2 Å². The van der Waals surface area contributed by atoms with Crippen molar-refractivity contribution in [3.8, 4) is 11.5 Å². The third kappa shape index (κ3) is 3.78. The molecule has 1 heterocycles. The molecule has 0 saturated carbocycles. The number of aryl methyl sites for hydroxylation is 1. The number of aromatic nitrogens is 2. The number of hydrogen-bond donors (Lipinski definition) is 1. The third-order valence-electron chi connectivity index (χ3n) is 3.42. The Kier molecular flexibility index (Phi) is 4.86. The molecule has 0 aliphatic carbocycles. The lowest BCUT2D eigenvalue weighted by molar-refractivity contribution is -0.111. The van der Waals surface area contributed by atoms with E-state index in [0.29, 0.717) is 11.6 Å². The normalized spacial score (nSPS) is 10.9. The van der Waals surface area contributed by atoms with Crippen LogP contribution in [0.4, 0.5) is 5.69 Å². The van der Waals surface area contributed by atoms with Crippen molar-refractivity contribution in [1.29, 1.82) is 0 Å². The molecule has 5 nitrogen and oxygen atoms in total. The van der Waals surface area contributed by atoms with Gasteiger partial charge in [0.1, 0.15) is 0 Å². The monoisotopic (exact) mass is 383 g/mol. The lowest BCUT2D eigenvalue weighted by atomic mass is 10.1. The van der Waals surface area contributed by atoms with E-state index in [-0.39, 0.29) is 5.91 Å². The van der Waals surface area contributed by atoms with Gasteiger partial charge in [-0.05, 0) is 42.3 Å². The minimum atomic E-state index is -0.212. The standard InChI is InChI=1S/C18H14BrN3O2/c1-12-6-7-14(18-22-20-11-24-18)10-16(12)21-17(23)9-8-13-4-2-3-5-15(13)19/h2-11H,1H3,(H,21,23). The SMILES string of the molecule is Cc1ccc(-c2nnco2)cc1NC(=O)C=Cc1ccccc1Br. The molecule has 0 aliphatic heterocycles. The van der Waals surface area contributed by atoms with E-state index in [9.17, 15) is 4.79 Å². The molecule has 0 atom stereocenters. The Morgan fingerprint density at radius 2 is 2.08 bits per heavy atom. The first kappa shape index (κ1) is 16.1. The second-order valence-electron chi connectivity index (χ2n) is 5.12. The molecule has 0 spiro atoms. The van der Waals surface area contributed by atoms with Crippen molar-refractivity contribution in [2.75, 3.05) is 5.32 Å². The summed E-state index contributed by atoms with van der Waals surface area (Å²) in [4.78, 5) is 12.2. The zero-order chi connectivity index (χ0) is 16.9. The molecule has 1 N–H and O–H groups in total. The van der Waals surface area contributed by atoms with Gasteiger partial charge >= 0.3 is 0 Å². The van der Waals surface area contributed by atoms with Crippen LogP contribution in [-0.2, 0) is 4.79 Å². The quantitative estimate of drug-likeness (QED) is 0.675. The fourth-order valence-corrected chi connectivity index (χ4v) is 2.56. The van der Waals surface area contributed by atoms with Crippen LogP contribution in [0, 0.1) is 6.92 Å². The predicted octanol–water partition coefficient (Wildman–Crippen LogP) is 4.46. The van der Waals surface area contributed by atoms with Gasteiger partial charge in [0, 0.05) is 21.8 Å². The highest BCUT2D eigenvalue weighted by atomic mass is 79.9. The van der Waals surface area contributed by atoms with Crippen LogP contribution in [0.5, 0.6) is 0 Å². The minimum Gasteiger partial charge on any atom is -0.423 e. The zero-order valence-corrected chi connectivity index (χ0v) is 14.4. The third-order valence-corrected chi connectivity index (χ3v) is 4.14. The highest BCUT2D eigenvalue weighted by Crippen LogP contribution is 2.24. The van der Waals surface area contributed by atoms with E-state index in [1.54, 1.807) is 6.08 Å². The molecule has 2 aromatic carbocycles. The van der Waals surface area contributed by atoms with Gasteiger partial charge in [0.15, 0.2) is 0 Å². The average Bonchev–Trinajstić information content (AvgIpc) is 3.11. The van der Waals surface area contributed by atoms with Crippen molar-refractivity contribution in [3.63, 3.8) is 0 Å². The predicted molar refractivity (Wildman–Crippen MR) is 96.3 cm³/mol. The molecule has 1 aromatic heterocycles. The van der Waals surface area contributed by atoms with E-state index in [2.05, 4.69) is 31.4 Å². The number of hydrogen-bond acceptors (Lipinski definition) is 4. The summed E-state index contributed by atoms with van der Waals surface area (Å²) >= 11 is 3.45. The van der Waals surface area contributed by atoms with Crippen molar-refractivity contribution in [2.45, 2.75) is 6.92 Å². The molecule has 0 saturated heterocycles.